The van der Waals surface area contributed by atoms with E-state index in [1.165, 1.54) is 12.1 Å². The number of hydrogen-bond donors (Lipinski definition) is 1. The molecule has 4 heteroatoms. The lowest BCUT2D eigenvalue weighted by atomic mass is 9.82. The predicted molar refractivity (Wildman–Crippen MR) is 68.7 cm³/mol. The van der Waals surface area contributed by atoms with Crippen molar-refractivity contribution in [1.29, 1.82) is 0 Å². The molecule has 1 aromatic carbocycles. The Morgan fingerprint density at radius 1 is 1.29 bits per heavy atom. The molecule has 1 nitrogen and oxygen atoms in total. The van der Waals surface area contributed by atoms with Crippen LogP contribution < -0.4 is 4.74 Å². The van der Waals surface area contributed by atoms with E-state index in [1.54, 1.807) is 0 Å². The van der Waals surface area contributed by atoms with Crippen molar-refractivity contribution in [2.75, 3.05) is 12.4 Å². The van der Waals surface area contributed by atoms with E-state index in [1.807, 2.05) is 0 Å². The molecule has 0 spiro atoms. The Bertz CT molecular complexity index is 374. The molecule has 1 atom stereocenters. The minimum Gasteiger partial charge on any atom is -0.490 e. The van der Waals surface area contributed by atoms with Crippen LogP contribution in [0.4, 0.5) is 8.78 Å². The second kappa shape index (κ2) is 5.71. The van der Waals surface area contributed by atoms with E-state index in [9.17, 15) is 8.78 Å². The minimum absolute atomic E-state index is 0.0194. The fourth-order valence-corrected chi connectivity index (χ4v) is 2.02. The summed E-state index contributed by atoms with van der Waals surface area (Å²) in [6.45, 7) is 6.53. The van der Waals surface area contributed by atoms with Crippen LogP contribution >= 0.6 is 12.6 Å². The summed E-state index contributed by atoms with van der Waals surface area (Å²) in [7, 11) is 0. The Hall–Kier alpha value is -0.770. The van der Waals surface area contributed by atoms with Gasteiger partial charge in [0.15, 0.2) is 11.6 Å². The molecule has 1 rings (SSSR count). The number of thiol groups is 1. The third kappa shape index (κ3) is 3.87. The highest BCUT2D eigenvalue weighted by Crippen LogP contribution is 2.28. The van der Waals surface area contributed by atoms with Crippen molar-refractivity contribution in [2.45, 2.75) is 20.8 Å². The summed E-state index contributed by atoms with van der Waals surface area (Å²) >= 11 is 4.25. The Morgan fingerprint density at radius 2 is 1.94 bits per heavy atom. The van der Waals surface area contributed by atoms with Crippen molar-refractivity contribution >= 4 is 12.6 Å². The first-order chi connectivity index (χ1) is 7.86. The van der Waals surface area contributed by atoms with Gasteiger partial charge in [0.25, 0.3) is 0 Å². The molecule has 0 heterocycles. The van der Waals surface area contributed by atoms with Gasteiger partial charge in [-0.2, -0.15) is 17.0 Å². The Balaban J connectivity index is 2.70. The number of ether oxygens (including phenoxy) is 1. The molecule has 0 fully saturated rings. The molecule has 17 heavy (non-hydrogen) atoms. The zero-order valence-electron chi connectivity index (χ0n) is 10.3. The second-order valence-corrected chi connectivity index (χ2v) is 5.47. The van der Waals surface area contributed by atoms with Gasteiger partial charge in [0, 0.05) is 5.92 Å². The smallest absolute Gasteiger partial charge is 0.200 e. The Morgan fingerprint density at radius 3 is 2.47 bits per heavy atom. The maximum Gasteiger partial charge on any atom is 0.200 e. The van der Waals surface area contributed by atoms with Crippen LogP contribution in [0.15, 0.2) is 18.2 Å². The molecule has 0 radical (unpaired) electrons. The van der Waals surface area contributed by atoms with E-state index in [0.717, 1.165) is 6.07 Å². The van der Waals surface area contributed by atoms with Gasteiger partial charge in [0.05, 0.1) is 6.61 Å². The highest BCUT2D eigenvalue weighted by atomic mass is 32.1. The number of benzene rings is 1. The van der Waals surface area contributed by atoms with Gasteiger partial charge < -0.3 is 4.74 Å². The highest BCUT2D eigenvalue weighted by Gasteiger charge is 2.24. The lowest BCUT2D eigenvalue weighted by Gasteiger charge is -2.29. The van der Waals surface area contributed by atoms with Crippen LogP contribution in [-0.4, -0.2) is 12.4 Å². The van der Waals surface area contributed by atoms with E-state index >= 15 is 0 Å². The average Bonchev–Trinajstić information content (AvgIpc) is 2.23. The van der Waals surface area contributed by atoms with Crippen LogP contribution in [0.1, 0.15) is 20.8 Å². The third-order valence-corrected chi connectivity index (χ3v) is 3.24. The molecule has 0 aromatic heterocycles. The van der Waals surface area contributed by atoms with Gasteiger partial charge >= 0.3 is 0 Å². The van der Waals surface area contributed by atoms with Gasteiger partial charge in [-0.25, -0.2) is 4.39 Å². The molecule has 96 valence electrons. The summed E-state index contributed by atoms with van der Waals surface area (Å²) < 4.78 is 31.6. The molecule has 0 saturated carbocycles. The maximum atomic E-state index is 13.3. The van der Waals surface area contributed by atoms with Crippen LogP contribution in [0, 0.1) is 23.0 Å². The minimum atomic E-state index is -0.931. The number of rotatable bonds is 4. The highest BCUT2D eigenvalue weighted by molar-refractivity contribution is 7.80. The summed E-state index contributed by atoms with van der Waals surface area (Å²) in [6, 6.07) is 3.93. The first-order valence-corrected chi connectivity index (χ1v) is 6.17. The lowest BCUT2D eigenvalue weighted by Crippen LogP contribution is -2.28. The summed E-state index contributed by atoms with van der Waals surface area (Å²) in [5.74, 6) is -1.05. The van der Waals surface area contributed by atoms with Crippen LogP contribution in [0.3, 0.4) is 0 Å². The molecule has 0 aliphatic heterocycles. The Labute approximate surface area is 107 Å². The fraction of sp³-hybridized carbons (Fsp3) is 0.538. The zero-order chi connectivity index (χ0) is 13.1. The van der Waals surface area contributed by atoms with Crippen molar-refractivity contribution in [2.24, 2.45) is 11.3 Å². The summed E-state index contributed by atoms with van der Waals surface area (Å²) in [5.41, 5.74) is 0.0194. The molecule has 0 amide bonds. The fourth-order valence-electron chi connectivity index (χ4n) is 1.36. The topological polar surface area (TPSA) is 9.23 Å². The van der Waals surface area contributed by atoms with Crippen molar-refractivity contribution in [3.8, 4) is 5.75 Å². The number of hydrogen-bond acceptors (Lipinski definition) is 2. The van der Waals surface area contributed by atoms with Gasteiger partial charge in [-0.3, -0.25) is 0 Å². The van der Waals surface area contributed by atoms with Crippen molar-refractivity contribution in [3.63, 3.8) is 0 Å². The summed E-state index contributed by atoms with van der Waals surface area (Å²) in [5, 5.41) is 0. The lowest BCUT2D eigenvalue weighted by molar-refractivity contribution is 0.160. The van der Waals surface area contributed by atoms with Crippen LogP contribution in [0.25, 0.3) is 0 Å². The first kappa shape index (κ1) is 14.3. The van der Waals surface area contributed by atoms with Crippen LogP contribution in [0.5, 0.6) is 5.75 Å². The molecular formula is C13H18F2OS. The SMILES string of the molecule is CC(C)(C)C(CS)COc1cccc(F)c1F. The van der Waals surface area contributed by atoms with Crippen LogP contribution in [0.2, 0.25) is 0 Å². The maximum absolute atomic E-state index is 13.3. The third-order valence-electron chi connectivity index (χ3n) is 2.80. The van der Waals surface area contributed by atoms with Gasteiger partial charge in [0.2, 0.25) is 5.82 Å². The molecule has 0 saturated heterocycles. The zero-order valence-corrected chi connectivity index (χ0v) is 11.2. The Kier molecular flexibility index (Phi) is 4.80. The largest absolute Gasteiger partial charge is 0.490 e. The van der Waals surface area contributed by atoms with E-state index in [0.29, 0.717) is 12.4 Å². The molecule has 1 unspecified atom stereocenters. The standard InChI is InChI=1S/C13H18F2OS/c1-13(2,3)9(8-17)7-16-11-6-4-5-10(14)12(11)15/h4-6,9,17H,7-8H2,1-3H3. The normalized spacial score (nSPS) is 13.5. The monoisotopic (exact) mass is 260 g/mol. The van der Waals surface area contributed by atoms with E-state index in [-0.39, 0.29) is 17.1 Å². The van der Waals surface area contributed by atoms with E-state index in [4.69, 9.17) is 4.74 Å². The molecule has 0 N–H and O–H groups in total. The van der Waals surface area contributed by atoms with Gasteiger partial charge in [-0.05, 0) is 23.3 Å². The molecule has 0 bridgehead atoms. The molecular weight excluding hydrogens is 242 g/mol. The van der Waals surface area contributed by atoms with Gasteiger partial charge in [0.1, 0.15) is 0 Å². The average molecular weight is 260 g/mol. The molecule has 0 aliphatic rings. The van der Waals surface area contributed by atoms with Crippen LogP contribution in [-0.2, 0) is 0 Å². The quantitative estimate of drug-likeness (QED) is 0.807. The second-order valence-electron chi connectivity index (χ2n) is 5.11. The summed E-state index contributed by atoms with van der Waals surface area (Å²) in [6.07, 6.45) is 0. The van der Waals surface area contributed by atoms with Gasteiger partial charge in [-0.15, -0.1) is 0 Å². The van der Waals surface area contributed by atoms with E-state index < -0.39 is 11.6 Å². The van der Waals surface area contributed by atoms with Crippen molar-refractivity contribution in [3.05, 3.63) is 29.8 Å². The van der Waals surface area contributed by atoms with E-state index in [2.05, 4.69) is 33.4 Å². The van der Waals surface area contributed by atoms with Gasteiger partial charge in [-0.1, -0.05) is 26.8 Å². The molecule has 1 aromatic rings. The van der Waals surface area contributed by atoms with Crippen molar-refractivity contribution in [1.82, 2.24) is 0 Å². The number of halogens is 2. The van der Waals surface area contributed by atoms with Crippen molar-refractivity contribution < 1.29 is 13.5 Å². The first-order valence-electron chi connectivity index (χ1n) is 5.54. The molecule has 0 aliphatic carbocycles. The predicted octanol–water partition coefficient (Wildman–Crippen LogP) is 3.94. The summed E-state index contributed by atoms with van der Waals surface area (Å²) in [4.78, 5) is 0.